The molecule has 0 saturated carbocycles. The van der Waals surface area contributed by atoms with Gasteiger partial charge in [-0.3, -0.25) is 9.69 Å². The lowest BCUT2D eigenvalue weighted by molar-refractivity contribution is -0.117. The van der Waals surface area contributed by atoms with Crippen molar-refractivity contribution in [2.75, 3.05) is 32.1 Å². The molecule has 0 aliphatic carbocycles. The van der Waals surface area contributed by atoms with Gasteiger partial charge in [0.05, 0.1) is 6.54 Å². The minimum Gasteiger partial charge on any atom is -0.492 e. The number of hydrogen-bond acceptors (Lipinski definition) is 3. The van der Waals surface area contributed by atoms with E-state index in [4.69, 9.17) is 4.74 Å². The SMILES string of the molecule is CCc1cccc(CC)c1NC(=O)CN(C)CCOc1ccc(C)cc1. The number of aryl methyl sites for hydroxylation is 3. The maximum Gasteiger partial charge on any atom is 0.238 e. The van der Waals surface area contributed by atoms with Gasteiger partial charge in [0.15, 0.2) is 0 Å². The summed E-state index contributed by atoms with van der Waals surface area (Å²) >= 11 is 0. The van der Waals surface area contributed by atoms with E-state index in [2.05, 4.69) is 44.3 Å². The highest BCUT2D eigenvalue weighted by Crippen LogP contribution is 2.22. The number of rotatable bonds is 9. The van der Waals surface area contributed by atoms with Crippen LogP contribution in [0.5, 0.6) is 5.75 Å². The Bertz CT molecular complexity index is 688. The lowest BCUT2D eigenvalue weighted by atomic mass is 10.0. The van der Waals surface area contributed by atoms with Gasteiger partial charge < -0.3 is 10.1 Å². The van der Waals surface area contributed by atoms with Crippen molar-refractivity contribution in [1.29, 1.82) is 0 Å². The monoisotopic (exact) mass is 354 g/mol. The number of amides is 1. The van der Waals surface area contributed by atoms with Crippen LogP contribution in [0.15, 0.2) is 42.5 Å². The fourth-order valence-electron chi connectivity index (χ4n) is 2.86. The summed E-state index contributed by atoms with van der Waals surface area (Å²) in [6.07, 6.45) is 1.81. The van der Waals surface area contributed by atoms with Crippen molar-refractivity contribution in [3.8, 4) is 5.75 Å². The number of ether oxygens (including phenoxy) is 1. The molecular weight excluding hydrogens is 324 g/mol. The van der Waals surface area contributed by atoms with Crippen molar-refractivity contribution in [3.05, 3.63) is 59.2 Å². The zero-order valence-corrected chi connectivity index (χ0v) is 16.3. The van der Waals surface area contributed by atoms with Crippen LogP contribution in [-0.4, -0.2) is 37.6 Å². The quantitative estimate of drug-likeness (QED) is 0.738. The van der Waals surface area contributed by atoms with Gasteiger partial charge in [-0.1, -0.05) is 49.7 Å². The maximum absolute atomic E-state index is 12.4. The molecule has 0 bridgehead atoms. The lowest BCUT2D eigenvalue weighted by Crippen LogP contribution is -2.33. The number of nitrogens with one attached hydrogen (secondary N) is 1. The summed E-state index contributed by atoms with van der Waals surface area (Å²) in [6, 6.07) is 14.2. The Balaban J connectivity index is 1.83. The largest absolute Gasteiger partial charge is 0.492 e. The summed E-state index contributed by atoms with van der Waals surface area (Å²) in [7, 11) is 1.94. The normalized spacial score (nSPS) is 10.8. The Morgan fingerprint density at radius 3 is 2.23 bits per heavy atom. The fourth-order valence-corrected chi connectivity index (χ4v) is 2.86. The minimum atomic E-state index is 0.0124. The topological polar surface area (TPSA) is 41.6 Å². The molecule has 0 atom stereocenters. The minimum absolute atomic E-state index is 0.0124. The first-order valence-electron chi connectivity index (χ1n) is 9.32. The highest BCUT2D eigenvalue weighted by atomic mass is 16.5. The average Bonchev–Trinajstić information content (AvgIpc) is 2.63. The van der Waals surface area contributed by atoms with Crippen LogP contribution in [0.25, 0.3) is 0 Å². The molecule has 0 aliphatic heterocycles. The van der Waals surface area contributed by atoms with Crippen molar-refractivity contribution >= 4 is 11.6 Å². The number of carbonyl (C=O) groups is 1. The molecule has 140 valence electrons. The third kappa shape index (κ3) is 5.88. The molecule has 0 fully saturated rings. The molecule has 2 aromatic rings. The van der Waals surface area contributed by atoms with Crippen molar-refractivity contribution in [1.82, 2.24) is 4.90 Å². The molecular formula is C22H30N2O2. The Hall–Kier alpha value is -2.33. The number of anilines is 1. The van der Waals surface area contributed by atoms with E-state index in [1.165, 1.54) is 16.7 Å². The number of nitrogens with zero attached hydrogens (tertiary/aromatic N) is 1. The summed E-state index contributed by atoms with van der Waals surface area (Å²) in [4.78, 5) is 14.4. The van der Waals surface area contributed by atoms with E-state index in [-0.39, 0.29) is 5.91 Å². The Kier molecular flexibility index (Phi) is 7.67. The Labute approximate surface area is 157 Å². The smallest absolute Gasteiger partial charge is 0.238 e. The molecule has 2 rings (SSSR count). The molecule has 0 saturated heterocycles. The number of benzene rings is 2. The van der Waals surface area contributed by atoms with Gasteiger partial charge in [-0.15, -0.1) is 0 Å². The molecule has 0 aromatic heterocycles. The number of para-hydroxylation sites is 1. The average molecular weight is 354 g/mol. The van der Waals surface area contributed by atoms with Crippen molar-refractivity contribution < 1.29 is 9.53 Å². The van der Waals surface area contributed by atoms with E-state index in [9.17, 15) is 4.79 Å². The summed E-state index contributed by atoms with van der Waals surface area (Å²) in [5, 5.41) is 3.10. The predicted octanol–water partition coefficient (Wildman–Crippen LogP) is 4.07. The van der Waals surface area contributed by atoms with Gasteiger partial charge in [0.1, 0.15) is 12.4 Å². The molecule has 1 N–H and O–H groups in total. The van der Waals surface area contributed by atoms with Crippen LogP contribution in [0.4, 0.5) is 5.69 Å². The van der Waals surface area contributed by atoms with Crippen molar-refractivity contribution in [3.63, 3.8) is 0 Å². The third-order valence-electron chi connectivity index (χ3n) is 4.44. The molecule has 0 spiro atoms. The van der Waals surface area contributed by atoms with Gasteiger partial charge in [-0.05, 0) is 50.1 Å². The van der Waals surface area contributed by atoms with E-state index in [0.29, 0.717) is 19.7 Å². The highest BCUT2D eigenvalue weighted by Gasteiger charge is 2.12. The molecule has 1 amide bonds. The predicted molar refractivity (Wildman–Crippen MR) is 108 cm³/mol. The van der Waals surface area contributed by atoms with Gasteiger partial charge in [0, 0.05) is 12.2 Å². The molecule has 0 heterocycles. The van der Waals surface area contributed by atoms with E-state index in [1.54, 1.807) is 0 Å². The highest BCUT2D eigenvalue weighted by molar-refractivity contribution is 5.93. The van der Waals surface area contributed by atoms with E-state index in [0.717, 1.165) is 24.3 Å². The van der Waals surface area contributed by atoms with Crippen LogP contribution >= 0.6 is 0 Å². The van der Waals surface area contributed by atoms with Gasteiger partial charge in [-0.2, -0.15) is 0 Å². The molecule has 26 heavy (non-hydrogen) atoms. The van der Waals surface area contributed by atoms with Crippen LogP contribution in [0.2, 0.25) is 0 Å². The van der Waals surface area contributed by atoms with Crippen LogP contribution in [-0.2, 0) is 17.6 Å². The van der Waals surface area contributed by atoms with E-state index >= 15 is 0 Å². The number of likely N-dealkylation sites (N-methyl/N-ethyl adjacent to an activating group) is 1. The maximum atomic E-state index is 12.4. The second kappa shape index (κ2) is 9.97. The first kappa shape index (κ1) is 20.0. The molecule has 2 aromatic carbocycles. The van der Waals surface area contributed by atoms with Crippen LogP contribution in [0, 0.1) is 6.92 Å². The van der Waals surface area contributed by atoms with Crippen LogP contribution in [0.1, 0.15) is 30.5 Å². The number of hydrogen-bond donors (Lipinski definition) is 1. The summed E-state index contributed by atoms with van der Waals surface area (Å²) in [5.74, 6) is 0.872. The molecule has 0 unspecified atom stereocenters. The summed E-state index contributed by atoms with van der Waals surface area (Å²) < 4.78 is 5.73. The fraction of sp³-hybridized carbons (Fsp3) is 0.409. The van der Waals surface area contributed by atoms with E-state index in [1.807, 2.05) is 36.2 Å². The summed E-state index contributed by atoms with van der Waals surface area (Å²) in [5.41, 5.74) is 4.56. The van der Waals surface area contributed by atoms with Gasteiger partial charge >= 0.3 is 0 Å². The van der Waals surface area contributed by atoms with Gasteiger partial charge in [0.2, 0.25) is 5.91 Å². The third-order valence-corrected chi connectivity index (χ3v) is 4.44. The first-order chi connectivity index (χ1) is 12.5. The van der Waals surface area contributed by atoms with E-state index < -0.39 is 0 Å². The Morgan fingerprint density at radius 1 is 1.04 bits per heavy atom. The van der Waals surface area contributed by atoms with Crippen LogP contribution in [0.3, 0.4) is 0 Å². The van der Waals surface area contributed by atoms with Crippen molar-refractivity contribution in [2.45, 2.75) is 33.6 Å². The van der Waals surface area contributed by atoms with Gasteiger partial charge in [0.25, 0.3) is 0 Å². The van der Waals surface area contributed by atoms with Crippen LogP contribution < -0.4 is 10.1 Å². The Morgan fingerprint density at radius 2 is 1.65 bits per heavy atom. The molecule has 4 nitrogen and oxygen atoms in total. The molecule has 0 aliphatic rings. The second-order valence-corrected chi connectivity index (χ2v) is 6.61. The summed E-state index contributed by atoms with van der Waals surface area (Å²) in [6.45, 7) is 7.86. The number of carbonyl (C=O) groups excluding carboxylic acids is 1. The molecule has 0 radical (unpaired) electrons. The van der Waals surface area contributed by atoms with Gasteiger partial charge in [-0.25, -0.2) is 0 Å². The van der Waals surface area contributed by atoms with Crippen molar-refractivity contribution in [2.24, 2.45) is 0 Å². The molecule has 4 heteroatoms. The lowest BCUT2D eigenvalue weighted by Gasteiger charge is -2.19. The zero-order valence-electron chi connectivity index (χ0n) is 16.3. The standard InChI is InChI=1S/C22H30N2O2/c1-5-18-8-7-9-19(6-2)22(18)23-21(25)16-24(4)14-15-26-20-12-10-17(3)11-13-20/h7-13H,5-6,14-16H2,1-4H3,(H,23,25). The second-order valence-electron chi connectivity index (χ2n) is 6.61. The zero-order chi connectivity index (χ0) is 18.9. The first-order valence-corrected chi connectivity index (χ1v) is 9.32.